The highest BCUT2D eigenvalue weighted by Gasteiger charge is 2.22. The average Bonchev–Trinajstić information content (AvgIpc) is 2.30. The van der Waals surface area contributed by atoms with Gasteiger partial charge in [-0.1, -0.05) is 23.3 Å². The second-order valence-electron chi connectivity index (χ2n) is 4.03. The smallest absolute Gasteiger partial charge is 0.133 e. The minimum atomic E-state index is -0.578. The molecule has 0 bridgehead atoms. The van der Waals surface area contributed by atoms with Crippen LogP contribution in [0.3, 0.4) is 0 Å². The highest BCUT2D eigenvalue weighted by Crippen LogP contribution is 2.26. The lowest BCUT2D eigenvalue weighted by Crippen LogP contribution is -2.26. The van der Waals surface area contributed by atoms with Crippen LogP contribution in [0, 0.1) is 5.92 Å². The Morgan fingerprint density at radius 1 is 1.31 bits per heavy atom. The van der Waals surface area contributed by atoms with Crippen LogP contribution in [0.4, 0.5) is 0 Å². The summed E-state index contributed by atoms with van der Waals surface area (Å²) in [5.41, 5.74) is 0. The van der Waals surface area contributed by atoms with E-state index in [1.807, 2.05) is 24.3 Å². The van der Waals surface area contributed by atoms with E-state index in [4.69, 9.17) is 4.74 Å². The zero-order valence-electron chi connectivity index (χ0n) is 9.02. The van der Waals surface area contributed by atoms with E-state index in [1.165, 1.54) is 0 Å². The summed E-state index contributed by atoms with van der Waals surface area (Å²) in [4.78, 5) is 0. The molecule has 4 heteroatoms. The number of halogens is 1. The van der Waals surface area contributed by atoms with E-state index in [0.29, 0.717) is 5.92 Å². The van der Waals surface area contributed by atoms with Crippen LogP contribution < -0.4 is 4.74 Å². The van der Waals surface area contributed by atoms with Crippen molar-refractivity contribution >= 4 is 27.1 Å². The van der Waals surface area contributed by atoms with Gasteiger partial charge in [-0.05, 0) is 40.9 Å². The summed E-state index contributed by atoms with van der Waals surface area (Å²) in [7, 11) is 0. The highest BCUT2D eigenvalue weighted by molar-refractivity contribution is 9.10. The topological polar surface area (TPSA) is 32.3 Å². The Kier molecular flexibility index (Phi) is 4.55. The van der Waals surface area contributed by atoms with E-state index in [-0.39, 0.29) is 0 Å². The van der Waals surface area contributed by atoms with Gasteiger partial charge in [0.15, 0.2) is 0 Å². The summed E-state index contributed by atoms with van der Waals surface area (Å²) in [5, 5.41) is 0. The van der Waals surface area contributed by atoms with E-state index in [0.717, 1.165) is 41.2 Å². The van der Waals surface area contributed by atoms with Gasteiger partial charge in [-0.2, -0.15) is 0 Å². The third-order valence-electron chi connectivity index (χ3n) is 2.82. The molecule has 16 heavy (non-hydrogen) atoms. The SMILES string of the molecule is [O-][S+]1CCC(COc2ccccc2Br)CC1. The second kappa shape index (κ2) is 5.94. The summed E-state index contributed by atoms with van der Waals surface area (Å²) in [5.74, 6) is 3.13. The zero-order valence-corrected chi connectivity index (χ0v) is 11.4. The molecule has 0 atom stereocenters. The first-order valence-corrected chi connectivity index (χ1v) is 7.76. The minimum Gasteiger partial charge on any atom is -0.616 e. The van der Waals surface area contributed by atoms with Crippen LogP contribution >= 0.6 is 15.9 Å². The van der Waals surface area contributed by atoms with Crippen molar-refractivity contribution in [2.24, 2.45) is 5.92 Å². The van der Waals surface area contributed by atoms with Crippen molar-refractivity contribution in [1.82, 2.24) is 0 Å². The monoisotopic (exact) mass is 302 g/mol. The molecule has 0 spiro atoms. The Hall–Kier alpha value is -0.190. The molecule has 88 valence electrons. The Labute approximate surface area is 108 Å². The normalized spacial score (nSPS) is 25.4. The molecule has 2 nitrogen and oxygen atoms in total. The molecule has 1 aliphatic rings. The maximum Gasteiger partial charge on any atom is 0.133 e. The van der Waals surface area contributed by atoms with Crippen molar-refractivity contribution in [2.45, 2.75) is 12.8 Å². The molecule has 1 fully saturated rings. The molecule has 1 heterocycles. The molecular weight excluding hydrogens is 288 g/mol. The van der Waals surface area contributed by atoms with Gasteiger partial charge in [0.1, 0.15) is 17.3 Å². The number of para-hydroxylation sites is 1. The largest absolute Gasteiger partial charge is 0.616 e. The van der Waals surface area contributed by atoms with E-state index >= 15 is 0 Å². The summed E-state index contributed by atoms with van der Waals surface area (Å²) in [6.45, 7) is 0.736. The molecule has 0 radical (unpaired) electrons. The van der Waals surface area contributed by atoms with E-state index < -0.39 is 11.2 Å². The maximum absolute atomic E-state index is 11.2. The average molecular weight is 303 g/mol. The Bertz CT molecular complexity index is 338. The molecule has 2 rings (SSSR count). The quantitative estimate of drug-likeness (QED) is 0.804. The van der Waals surface area contributed by atoms with E-state index in [2.05, 4.69) is 15.9 Å². The van der Waals surface area contributed by atoms with Gasteiger partial charge in [0, 0.05) is 5.92 Å². The third-order valence-corrected chi connectivity index (χ3v) is 4.86. The lowest BCUT2D eigenvalue weighted by molar-refractivity contribution is 0.237. The molecule has 0 saturated carbocycles. The van der Waals surface area contributed by atoms with Crippen LogP contribution in [-0.4, -0.2) is 22.7 Å². The van der Waals surface area contributed by atoms with Crippen molar-refractivity contribution in [2.75, 3.05) is 18.1 Å². The van der Waals surface area contributed by atoms with E-state index in [9.17, 15) is 4.55 Å². The van der Waals surface area contributed by atoms with Crippen LogP contribution in [0.2, 0.25) is 0 Å². The van der Waals surface area contributed by atoms with E-state index in [1.54, 1.807) is 0 Å². The van der Waals surface area contributed by atoms with Gasteiger partial charge in [0.2, 0.25) is 0 Å². The van der Waals surface area contributed by atoms with Crippen molar-refractivity contribution in [3.63, 3.8) is 0 Å². The first-order valence-electron chi connectivity index (χ1n) is 5.48. The third kappa shape index (κ3) is 3.40. The van der Waals surface area contributed by atoms with Crippen LogP contribution in [0.25, 0.3) is 0 Å². The van der Waals surface area contributed by atoms with Gasteiger partial charge in [-0.15, -0.1) is 0 Å². The Morgan fingerprint density at radius 3 is 2.69 bits per heavy atom. The van der Waals surface area contributed by atoms with Gasteiger partial charge >= 0.3 is 0 Å². The van der Waals surface area contributed by atoms with Crippen molar-refractivity contribution in [3.8, 4) is 5.75 Å². The molecule has 0 amide bonds. The lowest BCUT2D eigenvalue weighted by Gasteiger charge is -2.24. The Balaban J connectivity index is 1.81. The number of hydrogen-bond donors (Lipinski definition) is 0. The molecule has 1 saturated heterocycles. The van der Waals surface area contributed by atoms with Gasteiger partial charge in [-0.3, -0.25) is 0 Å². The fourth-order valence-corrected chi connectivity index (χ4v) is 3.57. The van der Waals surface area contributed by atoms with Crippen LogP contribution in [0.5, 0.6) is 5.75 Å². The summed E-state index contributed by atoms with van der Waals surface area (Å²) in [6, 6.07) is 7.88. The molecule has 0 aliphatic carbocycles. The molecule has 0 unspecified atom stereocenters. The minimum absolute atomic E-state index is 0.560. The molecule has 1 aromatic rings. The first-order chi connectivity index (χ1) is 7.75. The first kappa shape index (κ1) is 12.3. The maximum atomic E-state index is 11.2. The Morgan fingerprint density at radius 2 is 2.00 bits per heavy atom. The fourth-order valence-electron chi connectivity index (χ4n) is 1.78. The molecule has 0 aromatic heterocycles. The number of ether oxygens (including phenoxy) is 1. The van der Waals surface area contributed by atoms with Gasteiger partial charge in [-0.25, -0.2) is 0 Å². The van der Waals surface area contributed by atoms with Crippen LogP contribution in [0.15, 0.2) is 28.7 Å². The molecule has 0 N–H and O–H groups in total. The summed E-state index contributed by atoms with van der Waals surface area (Å²) in [6.07, 6.45) is 2.05. The molecular formula is C12H15BrO2S. The summed E-state index contributed by atoms with van der Waals surface area (Å²) < 4.78 is 18.0. The second-order valence-corrected chi connectivity index (χ2v) is 6.58. The van der Waals surface area contributed by atoms with Crippen molar-refractivity contribution in [1.29, 1.82) is 0 Å². The van der Waals surface area contributed by atoms with Gasteiger partial charge in [0.25, 0.3) is 0 Å². The predicted molar refractivity (Wildman–Crippen MR) is 70.2 cm³/mol. The number of hydrogen-bond acceptors (Lipinski definition) is 2. The highest BCUT2D eigenvalue weighted by atomic mass is 79.9. The summed E-state index contributed by atoms with van der Waals surface area (Å²) >= 11 is 2.88. The molecule has 1 aromatic carbocycles. The van der Waals surface area contributed by atoms with Crippen molar-refractivity contribution < 1.29 is 9.29 Å². The number of benzene rings is 1. The number of rotatable bonds is 3. The van der Waals surface area contributed by atoms with Crippen molar-refractivity contribution in [3.05, 3.63) is 28.7 Å². The van der Waals surface area contributed by atoms with Crippen LogP contribution in [0.1, 0.15) is 12.8 Å². The zero-order chi connectivity index (χ0) is 11.4. The van der Waals surface area contributed by atoms with Crippen LogP contribution in [-0.2, 0) is 11.2 Å². The molecule has 1 aliphatic heterocycles. The predicted octanol–water partition coefficient (Wildman–Crippen LogP) is 2.99. The van der Waals surface area contributed by atoms with Gasteiger partial charge < -0.3 is 9.29 Å². The van der Waals surface area contributed by atoms with Gasteiger partial charge in [0.05, 0.1) is 11.1 Å². The fraction of sp³-hybridized carbons (Fsp3) is 0.500. The standard InChI is InChI=1S/C12H15BrO2S/c13-11-3-1-2-4-12(11)15-9-10-5-7-16(14)8-6-10/h1-4,10H,5-9H2. The lowest BCUT2D eigenvalue weighted by atomic mass is 10.0.